The molecule has 0 saturated carbocycles. The van der Waals surface area contributed by atoms with E-state index in [1.54, 1.807) is 24.3 Å². The van der Waals surface area contributed by atoms with E-state index in [1.807, 2.05) is 18.2 Å². The summed E-state index contributed by atoms with van der Waals surface area (Å²) >= 11 is 3.36. The van der Waals surface area contributed by atoms with Gasteiger partial charge in [0.05, 0.1) is 11.6 Å². The number of halogens is 1. The van der Waals surface area contributed by atoms with Gasteiger partial charge in [-0.25, -0.2) is 0 Å². The highest BCUT2D eigenvalue weighted by molar-refractivity contribution is 9.10. The van der Waals surface area contributed by atoms with E-state index in [0.29, 0.717) is 5.56 Å². The van der Waals surface area contributed by atoms with Gasteiger partial charge in [-0.3, -0.25) is 0 Å². The van der Waals surface area contributed by atoms with Crippen LogP contribution in [0.4, 0.5) is 0 Å². The smallest absolute Gasteiger partial charge is 0.123 e. The largest absolute Gasteiger partial charge is 0.507 e. The van der Waals surface area contributed by atoms with Crippen LogP contribution in [0.25, 0.3) is 11.1 Å². The van der Waals surface area contributed by atoms with Gasteiger partial charge >= 0.3 is 0 Å². The third kappa shape index (κ3) is 2.07. The lowest BCUT2D eigenvalue weighted by Crippen LogP contribution is -1.80. The maximum absolute atomic E-state index is 9.73. The molecule has 16 heavy (non-hydrogen) atoms. The lowest BCUT2D eigenvalue weighted by molar-refractivity contribution is 0.477. The van der Waals surface area contributed by atoms with Crippen LogP contribution in [0.3, 0.4) is 0 Å². The third-order valence-corrected chi connectivity index (χ3v) is 2.78. The van der Waals surface area contributed by atoms with Gasteiger partial charge in [0.25, 0.3) is 0 Å². The minimum absolute atomic E-state index is 0.230. The van der Waals surface area contributed by atoms with E-state index in [2.05, 4.69) is 22.0 Å². The fourth-order valence-electron chi connectivity index (χ4n) is 1.46. The zero-order valence-corrected chi connectivity index (χ0v) is 9.90. The summed E-state index contributed by atoms with van der Waals surface area (Å²) in [5.41, 5.74) is 2.25. The Labute approximate surface area is 102 Å². The first-order valence-corrected chi connectivity index (χ1v) is 5.49. The minimum Gasteiger partial charge on any atom is -0.507 e. The molecular formula is C13H8BrNO. The highest BCUT2D eigenvalue weighted by Gasteiger charge is 2.04. The molecule has 3 heteroatoms. The van der Waals surface area contributed by atoms with Gasteiger partial charge in [0.15, 0.2) is 0 Å². The predicted octanol–water partition coefficient (Wildman–Crippen LogP) is 3.69. The van der Waals surface area contributed by atoms with Crippen LogP contribution in [0.2, 0.25) is 0 Å². The Morgan fingerprint density at radius 1 is 1.06 bits per heavy atom. The van der Waals surface area contributed by atoms with Crippen LogP contribution in [0.5, 0.6) is 5.75 Å². The standard InChI is InChI=1S/C13H8BrNO/c14-11-5-6-13(16)12(7-11)10-3-1-9(8-15)2-4-10/h1-7,16H. The number of nitrogens with zero attached hydrogens (tertiary/aromatic N) is 1. The molecule has 0 heterocycles. The first-order valence-electron chi connectivity index (χ1n) is 4.70. The van der Waals surface area contributed by atoms with E-state index < -0.39 is 0 Å². The maximum atomic E-state index is 9.73. The molecule has 2 rings (SSSR count). The molecule has 2 nitrogen and oxygen atoms in total. The molecule has 0 amide bonds. The fourth-order valence-corrected chi connectivity index (χ4v) is 1.82. The van der Waals surface area contributed by atoms with E-state index in [9.17, 15) is 5.11 Å². The van der Waals surface area contributed by atoms with Crippen LogP contribution < -0.4 is 0 Å². The number of rotatable bonds is 1. The van der Waals surface area contributed by atoms with Crippen LogP contribution in [0, 0.1) is 11.3 Å². The quantitative estimate of drug-likeness (QED) is 0.861. The second-order valence-corrected chi connectivity index (χ2v) is 4.27. The molecule has 0 aliphatic rings. The molecule has 2 aromatic rings. The van der Waals surface area contributed by atoms with Crippen molar-refractivity contribution in [1.82, 2.24) is 0 Å². The average molecular weight is 274 g/mol. The van der Waals surface area contributed by atoms with Gasteiger partial charge in [-0.15, -0.1) is 0 Å². The summed E-state index contributed by atoms with van der Waals surface area (Å²) < 4.78 is 0.907. The van der Waals surface area contributed by atoms with Crippen molar-refractivity contribution in [1.29, 1.82) is 5.26 Å². The van der Waals surface area contributed by atoms with Crippen molar-refractivity contribution < 1.29 is 5.11 Å². The summed E-state index contributed by atoms with van der Waals surface area (Å²) in [6, 6.07) is 14.4. The van der Waals surface area contributed by atoms with E-state index in [1.165, 1.54) is 0 Å². The zero-order valence-electron chi connectivity index (χ0n) is 8.31. The Balaban J connectivity index is 2.50. The number of phenols is 1. The van der Waals surface area contributed by atoms with Crippen molar-refractivity contribution in [2.75, 3.05) is 0 Å². The molecule has 0 radical (unpaired) electrons. The minimum atomic E-state index is 0.230. The molecular weight excluding hydrogens is 266 g/mol. The molecule has 0 bridgehead atoms. The first-order chi connectivity index (χ1) is 7.70. The summed E-state index contributed by atoms with van der Waals surface area (Å²) in [4.78, 5) is 0. The van der Waals surface area contributed by atoms with Crippen molar-refractivity contribution in [2.45, 2.75) is 0 Å². The van der Waals surface area contributed by atoms with Crippen molar-refractivity contribution in [2.24, 2.45) is 0 Å². The van der Waals surface area contributed by atoms with Crippen molar-refractivity contribution >= 4 is 15.9 Å². The van der Waals surface area contributed by atoms with Crippen LogP contribution in [-0.2, 0) is 0 Å². The number of nitriles is 1. The van der Waals surface area contributed by atoms with Gasteiger partial charge < -0.3 is 5.11 Å². The Hall–Kier alpha value is -1.79. The van der Waals surface area contributed by atoms with Crippen LogP contribution in [-0.4, -0.2) is 5.11 Å². The van der Waals surface area contributed by atoms with Gasteiger partial charge in [0.2, 0.25) is 0 Å². The number of hydrogen-bond donors (Lipinski definition) is 1. The first kappa shape index (κ1) is 10.7. The molecule has 0 fully saturated rings. The molecule has 1 N–H and O–H groups in total. The second kappa shape index (κ2) is 4.38. The van der Waals surface area contributed by atoms with E-state index in [-0.39, 0.29) is 5.75 Å². The fraction of sp³-hybridized carbons (Fsp3) is 0. The van der Waals surface area contributed by atoms with E-state index in [4.69, 9.17) is 5.26 Å². The van der Waals surface area contributed by atoms with Gasteiger partial charge in [-0.2, -0.15) is 5.26 Å². The number of phenolic OH excluding ortho intramolecular Hbond substituents is 1. The zero-order chi connectivity index (χ0) is 11.5. The topological polar surface area (TPSA) is 44.0 Å². The molecule has 0 saturated heterocycles. The van der Waals surface area contributed by atoms with E-state index >= 15 is 0 Å². The Morgan fingerprint density at radius 2 is 1.75 bits per heavy atom. The van der Waals surface area contributed by atoms with Gasteiger partial charge in [-0.05, 0) is 35.9 Å². The normalized spacial score (nSPS) is 9.75. The second-order valence-electron chi connectivity index (χ2n) is 3.35. The number of hydrogen-bond acceptors (Lipinski definition) is 2. The molecule has 0 atom stereocenters. The predicted molar refractivity (Wildman–Crippen MR) is 66.0 cm³/mol. The Bertz CT molecular complexity index is 555. The number of benzene rings is 2. The Morgan fingerprint density at radius 3 is 2.38 bits per heavy atom. The van der Waals surface area contributed by atoms with Crippen molar-refractivity contribution in [3.8, 4) is 22.9 Å². The molecule has 78 valence electrons. The van der Waals surface area contributed by atoms with Gasteiger partial charge in [0.1, 0.15) is 5.75 Å². The van der Waals surface area contributed by atoms with Crippen molar-refractivity contribution in [3.05, 3.63) is 52.5 Å². The maximum Gasteiger partial charge on any atom is 0.123 e. The monoisotopic (exact) mass is 273 g/mol. The van der Waals surface area contributed by atoms with Crippen molar-refractivity contribution in [3.63, 3.8) is 0 Å². The van der Waals surface area contributed by atoms with E-state index in [0.717, 1.165) is 15.6 Å². The SMILES string of the molecule is N#Cc1ccc(-c2cc(Br)ccc2O)cc1. The highest BCUT2D eigenvalue weighted by Crippen LogP contribution is 2.31. The highest BCUT2D eigenvalue weighted by atomic mass is 79.9. The average Bonchev–Trinajstić information content (AvgIpc) is 2.32. The van der Waals surface area contributed by atoms with Crippen LogP contribution in [0.1, 0.15) is 5.56 Å². The summed E-state index contributed by atoms with van der Waals surface area (Å²) in [5, 5.41) is 18.4. The lowest BCUT2D eigenvalue weighted by atomic mass is 10.0. The molecule has 2 aromatic carbocycles. The molecule has 0 unspecified atom stereocenters. The summed E-state index contributed by atoms with van der Waals surface area (Å²) in [6.45, 7) is 0. The number of aromatic hydroxyl groups is 1. The molecule has 0 aliphatic carbocycles. The summed E-state index contributed by atoms with van der Waals surface area (Å²) in [7, 11) is 0. The van der Waals surface area contributed by atoms with Gasteiger partial charge in [-0.1, -0.05) is 28.1 Å². The van der Waals surface area contributed by atoms with Crippen LogP contribution >= 0.6 is 15.9 Å². The molecule has 0 aliphatic heterocycles. The lowest BCUT2D eigenvalue weighted by Gasteiger charge is -2.05. The molecule has 0 aromatic heterocycles. The third-order valence-electron chi connectivity index (χ3n) is 2.28. The summed E-state index contributed by atoms with van der Waals surface area (Å²) in [5.74, 6) is 0.230. The molecule has 0 spiro atoms. The van der Waals surface area contributed by atoms with Gasteiger partial charge in [0, 0.05) is 10.0 Å². The Kier molecular flexibility index (Phi) is 2.93. The summed E-state index contributed by atoms with van der Waals surface area (Å²) in [6.07, 6.45) is 0. The van der Waals surface area contributed by atoms with Crippen LogP contribution in [0.15, 0.2) is 46.9 Å².